The van der Waals surface area contributed by atoms with Gasteiger partial charge in [0.05, 0.1) is 0 Å². The summed E-state index contributed by atoms with van der Waals surface area (Å²) >= 11 is 0. The Morgan fingerprint density at radius 1 is 0.955 bits per heavy atom. The maximum absolute atomic E-state index is 10.9. The number of anilines is 2. The van der Waals surface area contributed by atoms with Crippen LogP contribution in [0.15, 0.2) is 61.1 Å². The highest BCUT2D eigenvalue weighted by Gasteiger charge is 2.06. The Morgan fingerprint density at radius 2 is 1.68 bits per heavy atom. The summed E-state index contributed by atoms with van der Waals surface area (Å²) in [6.45, 7) is 0. The van der Waals surface area contributed by atoms with Crippen LogP contribution < -0.4 is 5.32 Å². The number of carboxylic acid groups (broad SMARTS) is 1. The first-order valence-electron chi connectivity index (χ1n) is 6.56. The Labute approximate surface area is 126 Å². The highest BCUT2D eigenvalue weighted by atomic mass is 16.4. The monoisotopic (exact) mass is 292 g/mol. The Hall–Kier alpha value is -3.28. The first-order chi connectivity index (χ1) is 10.7. The summed E-state index contributed by atoms with van der Waals surface area (Å²) in [6.07, 6.45) is 4.85. The van der Waals surface area contributed by atoms with E-state index in [0.29, 0.717) is 11.6 Å². The van der Waals surface area contributed by atoms with Crippen LogP contribution in [0.25, 0.3) is 11.1 Å². The summed E-state index contributed by atoms with van der Waals surface area (Å²) in [6, 6.07) is 12.9. The number of pyridine rings is 1. The quantitative estimate of drug-likeness (QED) is 0.768. The molecule has 6 heteroatoms. The molecule has 0 saturated carbocycles. The van der Waals surface area contributed by atoms with Crippen molar-refractivity contribution >= 4 is 17.6 Å². The van der Waals surface area contributed by atoms with E-state index < -0.39 is 5.97 Å². The van der Waals surface area contributed by atoms with Gasteiger partial charge >= 0.3 is 5.97 Å². The fraction of sp³-hybridized carbons (Fsp3) is 0. The van der Waals surface area contributed by atoms with Crippen molar-refractivity contribution in [2.75, 3.05) is 5.32 Å². The van der Waals surface area contributed by atoms with Gasteiger partial charge in [-0.05, 0) is 17.7 Å². The second-order valence-electron chi connectivity index (χ2n) is 4.52. The lowest BCUT2D eigenvalue weighted by molar-refractivity contribution is 0.0690. The molecular formula is C16H12N4O2. The second kappa shape index (κ2) is 6.01. The van der Waals surface area contributed by atoms with Gasteiger partial charge in [-0.15, -0.1) is 0 Å². The van der Waals surface area contributed by atoms with Gasteiger partial charge in [0.2, 0.25) is 5.95 Å². The van der Waals surface area contributed by atoms with Crippen molar-refractivity contribution in [3.05, 3.63) is 66.7 Å². The molecule has 0 amide bonds. The van der Waals surface area contributed by atoms with Crippen LogP contribution in [0.5, 0.6) is 0 Å². The topological polar surface area (TPSA) is 88.0 Å². The Bertz CT molecular complexity index is 789. The molecule has 0 saturated heterocycles. The summed E-state index contributed by atoms with van der Waals surface area (Å²) < 4.78 is 0. The van der Waals surface area contributed by atoms with E-state index in [1.54, 1.807) is 18.5 Å². The highest BCUT2D eigenvalue weighted by molar-refractivity contribution is 5.86. The van der Waals surface area contributed by atoms with Gasteiger partial charge in [-0.1, -0.05) is 30.3 Å². The van der Waals surface area contributed by atoms with E-state index in [0.717, 1.165) is 11.1 Å². The third-order valence-corrected chi connectivity index (χ3v) is 2.99. The van der Waals surface area contributed by atoms with Crippen molar-refractivity contribution in [2.45, 2.75) is 0 Å². The van der Waals surface area contributed by atoms with Crippen molar-refractivity contribution in [1.29, 1.82) is 0 Å². The first-order valence-corrected chi connectivity index (χ1v) is 6.56. The number of carbonyl (C=O) groups is 1. The zero-order valence-electron chi connectivity index (χ0n) is 11.5. The Balaban J connectivity index is 1.79. The van der Waals surface area contributed by atoms with Gasteiger partial charge in [0.15, 0.2) is 0 Å². The van der Waals surface area contributed by atoms with Crippen LogP contribution in [0.4, 0.5) is 11.6 Å². The third kappa shape index (κ3) is 3.06. The molecule has 1 aromatic carbocycles. The van der Waals surface area contributed by atoms with Crippen LogP contribution in [0, 0.1) is 0 Å². The molecule has 2 N–H and O–H groups in total. The number of nitrogens with one attached hydrogen (secondary N) is 1. The molecule has 2 heterocycles. The molecule has 0 unspecified atom stereocenters. The van der Waals surface area contributed by atoms with Crippen molar-refractivity contribution < 1.29 is 9.90 Å². The van der Waals surface area contributed by atoms with Crippen molar-refractivity contribution in [1.82, 2.24) is 15.0 Å². The molecule has 0 fully saturated rings. The van der Waals surface area contributed by atoms with E-state index in [2.05, 4.69) is 20.3 Å². The summed E-state index contributed by atoms with van der Waals surface area (Å²) in [7, 11) is 0. The normalized spacial score (nSPS) is 10.2. The molecule has 0 spiro atoms. The largest absolute Gasteiger partial charge is 0.477 e. The summed E-state index contributed by atoms with van der Waals surface area (Å²) in [5.74, 6) is -0.689. The fourth-order valence-corrected chi connectivity index (χ4v) is 1.93. The van der Waals surface area contributed by atoms with Crippen molar-refractivity contribution in [3.8, 4) is 11.1 Å². The molecule has 3 aromatic rings. The van der Waals surface area contributed by atoms with E-state index in [1.807, 2.05) is 30.3 Å². The zero-order valence-corrected chi connectivity index (χ0v) is 11.5. The van der Waals surface area contributed by atoms with Crippen LogP contribution in [0.2, 0.25) is 0 Å². The predicted octanol–water partition coefficient (Wildman–Crippen LogP) is 2.98. The SMILES string of the molecule is O=C(O)c1cc(Nc2ncc(-c3ccccc3)cn2)ccn1. The maximum Gasteiger partial charge on any atom is 0.354 e. The summed E-state index contributed by atoms with van der Waals surface area (Å²) in [5.41, 5.74) is 2.48. The standard InChI is InChI=1S/C16H12N4O2/c21-15(22)14-8-13(6-7-17-14)20-16-18-9-12(10-19-16)11-4-2-1-3-5-11/h1-10H,(H,21,22)(H,17,18,19,20). The van der Waals surface area contributed by atoms with E-state index in [4.69, 9.17) is 5.11 Å². The van der Waals surface area contributed by atoms with E-state index >= 15 is 0 Å². The molecule has 0 aliphatic carbocycles. The molecule has 6 nitrogen and oxygen atoms in total. The average molecular weight is 292 g/mol. The molecule has 0 atom stereocenters. The van der Waals surface area contributed by atoms with Crippen LogP contribution in [0.3, 0.4) is 0 Å². The van der Waals surface area contributed by atoms with E-state index in [9.17, 15) is 4.79 Å². The van der Waals surface area contributed by atoms with Gasteiger partial charge in [-0.2, -0.15) is 0 Å². The molecule has 2 aromatic heterocycles. The van der Waals surface area contributed by atoms with Crippen LogP contribution >= 0.6 is 0 Å². The Morgan fingerprint density at radius 3 is 2.36 bits per heavy atom. The number of aromatic carboxylic acids is 1. The second-order valence-corrected chi connectivity index (χ2v) is 4.52. The van der Waals surface area contributed by atoms with Crippen LogP contribution in [-0.4, -0.2) is 26.0 Å². The van der Waals surface area contributed by atoms with Crippen LogP contribution in [0.1, 0.15) is 10.5 Å². The average Bonchev–Trinajstić information content (AvgIpc) is 2.56. The van der Waals surface area contributed by atoms with E-state index in [-0.39, 0.29) is 5.69 Å². The maximum atomic E-state index is 10.9. The Kier molecular flexibility index (Phi) is 3.74. The van der Waals surface area contributed by atoms with Gasteiger partial charge in [0, 0.05) is 29.8 Å². The summed E-state index contributed by atoms with van der Waals surface area (Å²) in [5, 5.41) is 11.9. The van der Waals surface area contributed by atoms with Gasteiger partial charge in [-0.25, -0.2) is 19.7 Å². The number of hydrogen-bond donors (Lipinski definition) is 2. The fourth-order valence-electron chi connectivity index (χ4n) is 1.93. The lowest BCUT2D eigenvalue weighted by Gasteiger charge is -2.06. The molecular weight excluding hydrogens is 280 g/mol. The molecule has 22 heavy (non-hydrogen) atoms. The lowest BCUT2D eigenvalue weighted by atomic mass is 10.1. The minimum absolute atomic E-state index is 0.0362. The third-order valence-electron chi connectivity index (χ3n) is 2.99. The number of nitrogens with zero attached hydrogens (tertiary/aromatic N) is 3. The van der Waals surface area contributed by atoms with Gasteiger partial charge in [-0.3, -0.25) is 0 Å². The molecule has 0 bridgehead atoms. The minimum atomic E-state index is -1.08. The van der Waals surface area contributed by atoms with E-state index in [1.165, 1.54) is 12.3 Å². The van der Waals surface area contributed by atoms with Gasteiger partial charge < -0.3 is 10.4 Å². The lowest BCUT2D eigenvalue weighted by Crippen LogP contribution is -2.02. The number of aromatic nitrogens is 3. The summed E-state index contributed by atoms with van der Waals surface area (Å²) in [4.78, 5) is 23.1. The van der Waals surface area contributed by atoms with Gasteiger partial charge in [0.25, 0.3) is 0 Å². The minimum Gasteiger partial charge on any atom is -0.477 e. The zero-order chi connectivity index (χ0) is 15.4. The molecule has 0 aliphatic heterocycles. The molecule has 3 rings (SSSR count). The molecule has 0 radical (unpaired) electrons. The smallest absolute Gasteiger partial charge is 0.354 e. The number of rotatable bonds is 4. The number of carboxylic acids is 1. The van der Waals surface area contributed by atoms with Crippen molar-refractivity contribution in [2.24, 2.45) is 0 Å². The van der Waals surface area contributed by atoms with Crippen molar-refractivity contribution in [3.63, 3.8) is 0 Å². The highest BCUT2D eigenvalue weighted by Crippen LogP contribution is 2.19. The van der Waals surface area contributed by atoms with Crippen LogP contribution in [-0.2, 0) is 0 Å². The predicted molar refractivity (Wildman–Crippen MR) is 81.9 cm³/mol. The molecule has 108 valence electrons. The first kappa shape index (κ1) is 13.7. The molecule has 0 aliphatic rings. The number of benzene rings is 1. The number of hydrogen-bond acceptors (Lipinski definition) is 5. The van der Waals surface area contributed by atoms with Gasteiger partial charge in [0.1, 0.15) is 5.69 Å².